The second kappa shape index (κ2) is 7.94. The fraction of sp³-hybridized carbons (Fsp3) is 0.529. The maximum atomic E-state index is 12.0. The number of benzene rings is 1. The molecule has 0 saturated heterocycles. The van der Waals surface area contributed by atoms with Gasteiger partial charge in [0.05, 0.1) is 6.10 Å². The molecule has 0 aromatic heterocycles. The highest BCUT2D eigenvalue weighted by Crippen LogP contribution is 2.27. The van der Waals surface area contributed by atoms with Gasteiger partial charge in [0, 0.05) is 24.6 Å². The molecule has 2 amide bonds. The third kappa shape index (κ3) is 4.56. The number of aliphatic hydroxyl groups is 1. The molecule has 120 valence electrons. The molecule has 0 saturated carbocycles. The Hall–Kier alpha value is -1.88. The Bertz CT molecular complexity index is 530. The lowest BCUT2D eigenvalue weighted by Gasteiger charge is -2.24. The smallest absolute Gasteiger partial charge is 0.227 e. The van der Waals surface area contributed by atoms with Gasteiger partial charge in [-0.05, 0) is 30.9 Å². The quantitative estimate of drug-likeness (QED) is 0.719. The molecule has 0 bridgehead atoms. The molecule has 3 N–H and O–H groups in total. The number of carbonyl (C=O) groups is 2. The summed E-state index contributed by atoms with van der Waals surface area (Å²) in [5.41, 5.74) is 1.99. The number of carbonyl (C=O) groups excluding carboxylic acids is 2. The number of fused-ring (bicyclic) bond motifs is 1. The van der Waals surface area contributed by atoms with Crippen molar-refractivity contribution in [3.63, 3.8) is 0 Å². The molecular weight excluding hydrogens is 280 g/mol. The zero-order valence-corrected chi connectivity index (χ0v) is 13.0. The molecule has 1 aromatic rings. The summed E-state index contributed by atoms with van der Waals surface area (Å²) in [6, 6.07) is 7.75. The number of aliphatic hydroxyl groups excluding tert-OH is 1. The van der Waals surface area contributed by atoms with E-state index in [2.05, 4.69) is 10.6 Å². The summed E-state index contributed by atoms with van der Waals surface area (Å²) < 4.78 is 0. The van der Waals surface area contributed by atoms with Crippen LogP contribution in [0, 0.1) is 5.92 Å². The van der Waals surface area contributed by atoms with Crippen molar-refractivity contribution in [1.82, 2.24) is 5.32 Å². The van der Waals surface area contributed by atoms with Crippen LogP contribution in [0.25, 0.3) is 0 Å². The Kier molecular flexibility index (Phi) is 5.95. The van der Waals surface area contributed by atoms with Gasteiger partial charge in [-0.3, -0.25) is 9.59 Å². The van der Waals surface area contributed by atoms with E-state index in [1.165, 1.54) is 0 Å². The van der Waals surface area contributed by atoms with E-state index in [1.54, 1.807) is 0 Å². The van der Waals surface area contributed by atoms with Gasteiger partial charge in [0.25, 0.3) is 0 Å². The lowest BCUT2D eigenvalue weighted by atomic mass is 9.89. The van der Waals surface area contributed by atoms with Crippen LogP contribution in [0.15, 0.2) is 24.3 Å². The van der Waals surface area contributed by atoms with Gasteiger partial charge in [-0.1, -0.05) is 31.5 Å². The maximum absolute atomic E-state index is 12.0. The second-order valence-corrected chi connectivity index (χ2v) is 5.83. The molecule has 5 heteroatoms. The van der Waals surface area contributed by atoms with Crippen molar-refractivity contribution >= 4 is 17.5 Å². The summed E-state index contributed by atoms with van der Waals surface area (Å²) >= 11 is 0. The van der Waals surface area contributed by atoms with E-state index in [0.717, 1.165) is 17.7 Å². The SMILES string of the molecule is CCCC(O)CNC(=O)CCC1Cc2ccccc2NC1=O. The van der Waals surface area contributed by atoms with E-state index in [-0.39, 0.29) is 24.3 Å². The molecule has 1 heterocycles. The fourth-order valence-corrected chi connectivity index (χ4v) is 2.71. The first kappa shape index (κ1) is 16.5. The second-order valence-electron chi connectivity index (χ2n) is 5.83. The van der Waals surface area contributed by atoms with Crippen LogP contribution in [0.3, 0.4) is 0 Å². The standard InChI is InChI=1S/C17H24N2O3/c1-2-5-14(20)11-18-16(21)9-8-13-10-12-6-3-4-7-15(12)19-17(13)22/h3-4,6-7,13-14,20H,2,5,8-11H2,1H3,(H,18,21)(H,19,22). The Labute approximate surface area is 131 Å². The average molecular weight is 304 g/mol. The van der Waals surface area contributed by atoms with E-state index in [4.69, 9.17) is 0 Å². The summed E-state index contributed by atoms with van der Waals surface area (Å²) in [7, 11) is 0. The predicted octanol–water partition coefficient (Wildman–Crippen LogP) is 1.85. The first-order chi connectivity index (χ1) is 10.6. The van der Waals surface area contributed by atoms with Gasteiger partial charge < -0.3 is 15.7 Å². The van der Waals surface area contributed by atoms with Crippen molar-refractivity contribution in [1.29, 1.82) is 0 Å². The molecule has 2 atom stereocenters. The topological polar surface area (TPSA) is 78.4 Å². The van der Waals surface area contributed by atoms with E-state index >= 15 is 0 Å². The van der Waals surface area contributed by atoms with Crippen LogP contribution in [0.1, 0.15) is 38.2 Å². The minimum absolute atomic E-state index is 0.0162. The van der Waals surface area contributed by atoms with Crippen molar-refractivity contribution in [2.45, 2.75) is 45.1 Å². The van der Waals surface area contributed by atoms with Gasteiger partial charge in [0.2, 0.25) is 11.8 Å². The molecule has 1 aliphatic rings. The molecule has 22 heavy (non-hydrogen) atoms. The van der Waals surface area contributed by atoms with Crippen LogP contribution < -0.4 is 10.6 Å². The highest BCUT2D eigenvalue weighted by Gasteiger charge is 2.26. The van der Waals surface area contributed by atoms with Crippen molar-refractivity contribution in [2.75, 3.05) is 11.9 Å². The summed E-state index contributed by atoms with van der Waals surface area (Å²) in [6.45, 7) is 2.27. The third-order valence-electron chi connectivity index (χ3n) is 3.99. The highest BCUT2D eigenvalue weighted by atomic mass is 16.3. The number of nitrogens with one attached hydrogen (secondary N) is 2. The average Bonchev–Trinajstić information content (AvgIpc) is 2.51. The molecule has 2 rings (SSSR count). The van der Waals surface area contributed by atoms with E-state index in [0.29, 0.717) is 25.7 Å². The van der Waals surface area contributed by atoms with E-state index < -0.39 is 6.10 Å². The lowest BCUT2D eigenvalue weighted by molar-refractivity contribution is -0.123. The van der Waals surface area contributed by atoms with E-state index in [9.17, 15) is 14.7 Å². The molecule has 5 nitrogen and oxygen atoms in total. The molecular formula is C17H24N2O3. The van der Waals surface area contributed by atoms with Crippen molar-refractivity contribution in [2.24, 2.45) is 5.92 Å². The first-order valence-electron chi connectivity index (χ1n) is 7.93. The van der Waals surface area contributed by atoms with Crippen LogP contribution in [-0.2, 0) is 16.0 Å². The van der Waals surface area contributed by atoms with Gasteiger partial charge in [-0.15, -0.1) is 0 Å². The number of hydrogen-bond donors (Lipinski definition) is 3. The monoisotopic (exact) mass is 304 g/mol. The Morgan fingerprint density at radius 2 is 2.23 bits per heavy atom. The predicted molar refractivity (Wildman–Crippen MR) is 85.4 cm³/mol. The number of rotatable bonds is 7. The van der Waals surface area contributed by atoms with Gasteiger partial charge in [-0.2, -0.15) is 0 Å². The largest absolute Gasteiger partial charge is 0.391 e. The van der Waals surface area contributed by atoms with Crippen molar-refractivity contribution in [3.8, 4) is 0 Å². The van der Waals surface area contributed by atoms with Gasteiger partial charge in [0.1, 0.15) is 0 Å². The van der Waals surface area contributed by atoms with Crippen molar-refractivity contribution < 1.29 is 14.7 Å². The van der Waals surface area contributed by atoms with Crippen LogP contribution in [0.4, 0.5) is 5.69 Å². The third-order valence-corrected chi connectivity index (χ3v) is 3.99. The summed E-state index contributed by atoms with van der Waals surface area (Å²) in [5, 5.41) is 15.2. The lowest BCUT2D eigenvalue weighted by Crippen LogP contribution is -2.34. The molecule has 0 spiro atoms. The number of hydrogen-bond acceptors (Lipinski definition) is 3. The van der Waals surface area contributed by atoms with Gasteiger partial charge >= 0.3 is 0 Å². The van der Waals surface area contributed by atoms with Crippen molar-refractivity contribution in [3.05, 3.63) is 29.8 Å². The zero-order valence-electron chi connectivity index (χ0n) is 13.0. The summed E-state index contributed by atoms with van der Waals surface area (Å²) in [5.74, 6) is -0.291. The first-order valence-corrected chi connectivity index (χ1v) is 7.93. The molecule has 1 aliphatic heterocycles. The number of anilines is 1. The minimum atomic E-state index is -0.487. The Morgan fingerprint density at radius 1 is 1.45 bits per heavy atom. The zero-order chi connectivity index (χ0) is 15.9. The summed E-state index contributed by atoms with van der Waals surface area (Å²) in [6.07, 6.45) is 2.59. The Morgan fingerprint density at radius 3 is 3.00 bits per heavy atom. The molecule has 0 aliphatic carbocycles. The minimum Gasteiger partial charge on any atom is -0.391 e. The summed E-state index contributed by atoms with van der Waals surface area (Å²) in [4.78, 5) is 23.8. The Balaban J connectivity index is 1.77. The highest BCUT2D eigenvalue weighted by molar-refractivity contribution is 5.96. The molecule has 0 fully saturated rings. The number of para-hydroxylation sites is 1. The van der Waals surface area contributed by atoms with Gasteiger partial charge in [-0.25, -0.2) is 0 Å². The normalized spacial score (nSPS) is 18.3. The van der Waals surface area contributed by atoms with E-state index in [1.807, 2.05) is 31.2 Å². The molecule has 1 aromatic carbocycles. The fourth-order valence-electron chi connectivity index (χ4n) is 2.71. The van der Waals surface area contributed by atoms with Crippen LogP contribution in [0.2, 0.25) is 0 Å². The van der Waals surface area contributed by atoms with Crippen LogP contribution in [-0.4, -0.2) is 29.6 Å². The van der Waals surface area contributed by atoms with Crippen LogP contribution >= 0.6 is 0 Å². The maximum Gasteiger partial charge on any atom is 0.227 e. The molecule has 0 radical (unpaired) electrons. The molecule has 2 unspecified atom stereocenters. The van der Waals surface area contributed by atoms with Gasteiger partial charge in [0.15, 0.2) is 0 Å². The van der Waals surface area contributed by atoms with Crippen LogP contribution in [0.5, 0.6) is 0 Å². The number of amides is 2.